The predicted molar refractivity (Wildman–Crippen MR) is 95.5 cm³/mol. The fourth-order valence-electron chi connectivity index (χ4n) is 2.91. The summed E-state index contributed by atoms with van der Waals surface area (Å²) in [5.74, 6) is 0.110. The first-order valence-corrected chi connectivity index (χ1v) is 8.78. The summed E-state index contributed by atoms with van der Waals surface area (Å²) in [6.07, 6.45) is 0. The Bertz CT molecular complexity index is 710. The molecule has 1 aliphatic rings. The molecule has 2 aromatic rings. The molecule has 2 heterocycles. The van der Waals surface area contributed by atoms with Crippen molar-refractivity contribution in [3.05, 3.63) is 55.3 Å². The van der Waals surface area contributed by atoms with E-state index < -0.39 is 0 Å². The van der Waals surface area contributed by atoms with Crippen molar-refractivity contribution in [1.82, 2.24) is 9.47 Å². The van der Waals surface area contributed by atoms with E-state index in [0.29, 0.717) is 0 Å². The van der Waals surface area contributed by atoms with Crippen LogP contribution >= 0.6 is 38.5 Å². The minimum absolute atomic E-state index is 0.106. The number of carbonyl (C=O) groups is 1. The van der Waals surface area contributed by atoms with Crippen molar-refractivity contribution in [2.45, 2.75) is 26.4 Å². The zero-order valence-corrected chi connectivity index (χ0v) is 15.7. The Hall–Kier alpha value is -0.820. The van der Waals surface area contributed by atoms with Crippen molar-refractivity contribution in [2.24, 2.45) is 0 Å². The van der Waals surface area contributed by atoms with Crippen LogP contribution in [0.25, 0.3) is 0 Å². The molecule has 0 radical (unpaired) electrons. The Morgan fingerprint density at radius 2 is 2.05 bits per heavy atom. The number of aryl methyl sites for hydroxylation is 1. The van der Waals surface area contributed by atoms with Gasteiger partial charge in [-0.15, -0.1) is 0 Å². The first kappa shape index (κ1) is 15.1. The lowest BCUT2D eigenvalue weighted by Gasteiger charge is -2.35. The SMILES string of the molecule is Cc1ccc2n1CCN(C(=O)c1cc(Br)ccc1I)C2C. The molecule has 0 saturated carbocycles. The predicted octanol–water partition coefficient (Wildman–Crippen LogP) is 4.38. The normalized spacial score (nSPS) is 17.7. The lowest BCUT2D eigenvalue weighted by atomic mass is 10.1. The number of aromatic nitrogens is 1. The molecule has 3 rings (SSSR count). The Morgan fingerprint density at radius 3 is 2.81 bits per heavy atom. The van der Waals surface area contributed by atoms with Crippen molar-refractivity contribution in [3.63, 3.8) is 0 Å². The molecule has 110 valence electrons. The van der Waals surface area contributed by atoms with E-state index in [4.69, 9.17) is 0 Å². The Balaban J connectivity index is 1.95. The highest BCUT2D eigenvalue weighted by Crippen LogP contribution is 2.30. The molecule has 0 N–H and O–H groups in total. The van der Waals surface area contributed by atoms with Crippen molar-refractivity contribution in [1.29, 1.82) is 0 Å². The van der Waals surface area contributed by atoms with Gasteiger partial charge in [0.1, 0.15) is 0 Å². The molecule has 1 unspecified atom stereocenters. The Morgan fingerprint density at radius 1 is 1.29 bits per heavy atom. The molecule has 1 aliphatic heterocycles. The summed E-state index contributed by atoms with van der Waals surface area (Å²) in [6, 6.07) is 10.2. The standard InChI is InChI=1S/C16H16BrIN2O/c1-10-3-6-15-11(2)20(8-7-19(10)15)16(21)13-9-12(17)4-5-14(13)18/h3-6,9,11H,7-8H2,1-2H3. The molecule has 0 fully saturated rings. The van der Waals surface area contributed by atoms with Crippen LogP contribution in [0.2, 0.25) is 0 Å². The van der Waals surface area contributed by atoms with E-state index in [1.54, 1.807) is 0 Å². The van der Waals surface area contributed by atoms with E-state index in [1.807, 2.05) is 23.1 Å². The van der Waals surface area contributed by atoms with E-state index in [2.05, 4.69) is 69.1 Å². The van der Waals surface area contributed by atoms with Gasteiger partial charge in [0.15, 0.2) is 0 Å². The van der Waals surface area contributed by atoms with Crippen LogP contribution in [0.15, 0.2) is 34.8 Å². The molecular formula is C16H16BrIN2O. The van der Waals surface area contributed by atoms with Crippen LogP contribution in [0.4, 0.5) is 0 Å². The fourth-order valence-corrected chi connectivity index (χ4v) is 3.84. The van der Waals surface area contributed by atoms with E-state index >= 15 is 0 Å². The summed E-state index contributed by atoms with van der Waals surface area (Å²) in [7, 11) is 0. The highest BCUT2D eigenvalue weighted by atomic mass is 127. The van der Waals surface area contributed by atoms with Gasteiger partial charge in [0.2, 0.25) is 0 Å². The average molecular weight is 459 g/mol. The highest BCUT2D eigenvalue weighted by Gasteiger charge is 2.29. The number of hydrogen-bond acceptors (Lipinski definition) is 1. The second-order valence-electron chi connectivity index (χ2n) is 5.35. The summed E-state index contributed by atoms with van der Waals surface area (Å²) >= 11 is 5.68. The molecule has 3 nitrogen and oxygen atoms in total. The molecule has 0 aliphatic carbocycles. The summed E-state index contributed by atoms with van der Waals surface area (Å²) in [5.41, 5.74) is 3.26. The molecule has 1 amide bonds. The van der Waals surface area contributed by atoms with E-state index in [0.717, 1.165) is 26.7 Å². The van der Waals surface area contributed by atoms with Gasteiger partial charge in [-0.2, -0.15) is 0 Å². The first-order valence-electron chi connectivity index (χ1n) is 6.91. The molecular weight excluding hydrogens is 443 g/mol. The highest BCUT2D eigenvalue weighted by molar-refractivity contribution is 14.1. The quantitative estimate of drug-likeness (QED) is 0.582. The molecule has 0 spiro atoms. The van der Waals surface area contributed by atoms with Gasteiger partial charge >= 0.3 is 0 Å². The summed E-state index contributed by atoms with van der Waals surface area (Å²) in [4.78, 5) is 14.9. The van der Waals surface area contributed by atoms with Crippen LogP contribution in [-0.2, 0) is 6.54 Å². The number of nitrogens with zero attached hydrogens (tertiary/aromatic N) is 2. The van der Waals surface area contributed by atoms with Gasteiger partial charge in [-0.1, -0.05) is 15.9 Å². The largest absolute Gasteiger partial charge is 0.345 e. The molecule has 0 saturated heterocycles. The molecule has 5 heteroatoms. The van der Waals surface area contributed by atoms with Crippen molar-refractivity contribution in [3.8, 4) is 0 Å². The van der Waals surface area contributed by atoms with Crippen LogP contribution in [0, 0.1) is 10.5 Å². The zero-order chi connectivity index (χ0) is 15.1. The van der Waals surface area contributed by atoms with E-state index in [-0.39, 0.29) is 11.9 Å². The summed E-state index contributed by atoms with van der Waals surface area (Å²) < 4.78 is 4.24. The number of hydrogen-bond donors (Lipinski definition) is 0. The fraction of sp³-hybridized carbons (Fsp3) is 0.312. The van der Waals surface area contributed by atoms with Gasteiger partial charge < -0.3 is 9.47 Å². The zero-order valence-electron chi connectivity index (χ0n) is 11.9. The van der Waals surface area contributed by atoms with Crippen molar-refractivity contribution >= 4 is 44.4 Å². The molecule has 1 atom stereocenters. The van der Waals surface area contributed by atoms with E-state index in [1.165, 1.54) is 11.4 Å². The number of benzene rings is 1. The third-order valence-electron chi connectivity index (χ3n) is 4.11. The van der Waals surface area contributed by atoms with Gasteiger partial charge in [-0.25, -0.2) is 0 Å². The second-order valence-corrected chi connectivity index (χ2v) is 7.43. The van der Waals surface area contributed by atoms with Crippen LogP contribution in [0.1, 0.15) is 34.7 Å². The molecule has 1 aromatic carbocycles. The van der Waals surface area contributed by atoms with Crippen molar-refractivity contribution in [2.75, 3.05) is 6.54 Å². The van der Waals surface area contributed by atoms with Crippen LogP contribution < -0.4 is 0 Å². The lowest BCUT2D eigenvalue weighted by Crippen LogP contribution is -2.41. The van der Waals surface area contributed by atoms with Gasteiger partial charge in [0.05, 0.1) is 11.6 Å². The molecule has 21 heavy (non-hydrogen) atoms. The van der Waals surface area contributed by atoms with Crippen LogP contribution in [-0.4, -0.2) is 21.9 Å². The average Bonchev–Trinajstić information content (AvgIpc) is 2.84. The van der Waals surface area contributed by atoms with Gasteiger partial charge in [-0.05, 0) is 66.8 Å². The number of rotatable bonds is 1. The number of carbonyl (C=O) groups excluding carboxylic acids is 1. The topological polar surface area (TPSA) is 25.2 Å². The van der Waals surface area contributed by atoms with Gasteiger partial charge in [-0.3, -0.25) is 4.79 Å². The second kappa shape index (κ2) is 5.76. The first-order chi connectivity index (χ1) is 9.99. The van der Waals surface area contributed by atoms with Crippen LogP contribution in [0.3, 0.4) is 0 Å². The lowest BCUT2D eigenvalue weighted by molar-refractivity contribution is 0.0641. The summed E-state index contributed by atoms with van der Waals surface area (Å²) in [5, 5.41) is 0. The van der Waals surface area contributed by atoms with Crippen molar-refractivity contribution < 1.29 is 4.79 Å². The number of fused-ring (bicyclic) bond motifs is 1. The van der Waals surface area contributed by atoms with Gasteiger partial charge in [0, 0.05) is 32.5 Å². The summed E-state index contributed by atoms with van der Waals surface area (Å²) in [6.45, 7) is 5.85. The maximum Gasteiger partial charge on any atom is 0.255 e. The minimum atomic E-state index is 0.106. The monoisotopic (exact) mass is 458 g/mol. The Labute approximate surface area is 146 Å². The maximum absolute atomic E-state index is 12.9. The number of halogens is 2. The van der Waals surface area contributed by atoms with E-state index in [9.17, 15) is 4.79 Å². The third-order valence-corrected chi connectivity index (χ3v) is 5.55. The minimum Gasteiger partial charge on any atom is -0.345 e. The smallest absolute Gasteiger partial charge is 0.255 e. The molecule has 1 aromatic heterocycles. The molecule has 0 bridgehead atoms. The third kappa shape index (κ3) is 2.65. The number of amides is 1. The Kier molecular flexibility index (Phi) is 4.14. The van der Waals surface area contributed by atoms with Crippen LogP contribution in [0.5, 0.6) is 0 Å². The maximum atomic E-state index is 12.9. The van der Waals surface area contributed by atoms with Gasteiger partial charge in [0.25, 0.3) is 5.91 Å².